The number of H-pyrrole nitrogens is 1. The highest BCUT2D eigenvalue weighted by molar-refractivity contribution is 5.97. The molecule has 0 saturated heterocycles. The number of ketones is 1. The van der Waals surface area contributed by atoms with Gasteiger partial charge in [-0.25, -0.2) is 0 Å². The van der Waals surface area contributed by atoms with Crippen molar-refractivity contribution in [3.8, 4) is 11.1 Å². The zero-order chi connectivity index (χ0) is 13.2. The van der Waals surface area contributed by atoms with E-state index in [1.807, 2.05) is 37.4 Å². The van der Waals surface area contributed by atoms with Crippen LogP contribution in [0.15, 0.2) is 54.7 Å². The van der Waals surface area contributed by atoms with E-state index < -0.39 is 0 Å². The van der Waals surface area contributed by atoms with E-state index in [-0.39, 0.29) is 5.78 Å². The summed E-state index contributed by atoms with van der Waals surface area (Å²) in [6.45, 7) is 1.88. The number of hydrogen-bond donors (Lipinski definition) is 1. The lowest BCUT2D eigenvalue weighted by Gasteiger charge is -2.05. The van der Waals surface area contributed by atoms with Crippen LogP contribution in [0.3, 0.4) is 0 Å². The molecule has 0 aliphatic rings. The smallest absolute Gasteiger partial charge is 0.162 e. The van der Waals surface area contributed by atoms with Crippen molar-refractivity contribution in [2.45, 2.75) is 13.3 Å². The van der Waals surface area contributed by atoms with E-state index in [1.54, 1.807) is 0 Å². The van der Waals surface area contributed by atoms with Gasteiger partial charge in [0, 0.05) is 23.7 Å². The average Bonchev–Trinajstić information content (AvgIpc) is 2.95. The number of aromatic amines is 1. The van der Waals surface area contributed by atoms with Gasteiger partial charge in [-0.3, -0.25) is 4.79 Å². The zero-order valence-electron chi connectivity index (χ0n) is 10.8. The number of nitrogens with one attached hydrogen (secondary N) is 1. The van der Waals surface area contributed by atoms with E-state index in [0.717, 1.165) is 22.2 Å². The number of aromatic nitrogens is 1. The minimum atomic E-state index is 0.185. The van der Waals surface area contributed by atoms with E-state index in [1.165, 1.54) is 5.39 Å². The lowest BCUT2D eigenvalue weighted by Crippen LogP contribution is -1.95. The van der Waals surface area contributed by atoms with Crippen molar-refractivity contribution in [1.82, 2.24) is 4.98 Å². The predicted molar refractivity (Wildman–Crippen MR) is 78.4 cm³/mol. The third kappa shape index (κ3) is 2.06. The number of fused-ring (bicyclic) bond motifs is 1. The van der Waals surface area contributed by atoms with Gasteiger partial charge in [0.1, 0.15) is 0 Å². The number of rotatable bonds is 3. The van der Waals surface area contributed by atoms with E-state index >= 15 is 0 Å². The van der Waals surface area contributed by atoms with Crippen molar-refractivity contribution < 1.29 is 4.79 Å². The summed E-state index contributed by atoms with van der Waals surface area (Å²) in [6, 6.07) is 16.1. The maximum atomic E-state index is 11.6. The van der Waals surface area contributed by atoms with Crippen molar-refractivity contribution in [2.24, 2.45) is 0 Å². The van der Waals surface area contributed by atoms with Crippen molar-refractivity contribution in [2.75, 3.05) is 0 Å². The van der Waals surface area contributed by atoms with Gasteiger partial charge in [-0.05, 0) is 17.0 Å². The van der Waals surface area contributed by atoms with Gasteiger partial charge in [-0.2, -0.15) is 0 Å². The Balaban J connectivity index is 2.07. The quantitative estimate of drug-likeness (QED) is 0.684. The summed E-state index contributed by atoms with van der Waals surface area (Å²) in [6.07, 6.45) is 2.49. The summed E-state index contributed by atoms with van der Waals surface area (Å²) < 4.78 is 0. The first kappa shape index (κ1) is 11.7. The largest absolute Gasteiger partial charge is 0.361 e. The number of Topliss-reactive ketones (excluding diaryl/α,β-unsaturated/α-hetero) is 1. The predicted octanol–water partition coefficient (Wildman–Crippen LogP) is 4.43. The third-order valence-electron chi connectivity index (χ3n) is 3.43. The van der Waals surface area contributed by atoms with Crippen LogP contribution in [0.4, 0.5) is 0 Å². The summed E-state index contributed by atoms with van der Waals surface area (Å²) in [7, 11) is 0. The van der Waals surface area contributed by atoms with Crippen molar-refractivity contribution >= 4 is 16.7 Å². The van der Waals surface area contributed by atoms with Crippen LogP contribution in [0.2, 0.25) is 0 Å². The van der Waals surface area contributed by atoms with Crippen LogP contribution in [0.1, 0.15) is 23.7 Å². The molecule has 94 valence electrons. The van der Waals surface area contributed by atoms with Crippen molar-refractivity contribution in [3.63, 3.8) is 0 Å². The first-order valence-corrected chi connectivity index (χ1v) is 6.49. The van der Waals surface area contributed by atoms with Gasteiger partial charge in [-0.15, -0.1) is 0 Å². The van der Waals surface area contributed by atoms with Crippen LogP contribution in [-0.2, 0) is 0 Å². The Hall–Kier alpha value is -2.35. The Morgan fingerprint density at radius 1 is 1.05 bits per heavy atom. The molecule has 0 aliphatic carbocycles. The van der Waals surface area contributed by atoms with Crippen LogP contribution >= 0.6 is 0 Å². The van der Waals surface area contributed by atoms with Gasteiger partial charge >= 0.3 is 0 Å². The number of hydrogen-bond acceptors (Lipinski definition) is 1. The number of benzene rings is 2. The van der Waals surface area contributed by atoms with E-state index in [2.05, 4.69) is 29.2 Å². The highest BCUT2D eigenvalue weighted by atomic mass is 16.1. The van der Waals surface area contributed by atoms with Crippen LogP contribution in [0.5, 0.6) is 0 Å². The Bertz CT molecular complexity index is 722. The average molecular weight is 249 g/mol. The van der Waals surface area contributed by atoms with Gasteiger partial charge in [0.25, 0.3) is 0 Å². The molecule has 0 radical (unpaired) electrons. The Labute approximate surface area is 112 Å². The molecule has 0 amide bonds. The fourth-order valence-electron chi connectivity index (χ4n) is 2.37. The molecule has 3 aromatic rings. The van der Waals surface area contributed by atoms with Gasteiger partial charge in [0.2, 0.25) is 0 Å². The highest BCUT2D eigenvalue weighted by Crippen LogP contribution is 2.27. The molecule has 0 fully saturated rings. The molecular formula is C17H15NO. The molecule has 1 heterocycles. The maximum Gasteiger partial charge on any atom is 0.162 e. The lowest BCUT2D eigenvalue weighted by atomic mass is 10.00. The first-order chi connectivity index (χ1) is 9.29. The summed E-state index contributed by atoms with van der Waals surface area (Å²) in [4.78, 5) is 14.9. The topological polar surface area (TPSA) is 32.9 Å². The van der Waals surface area contributed by atoms with Gasteiger partial charge in [-0.1, -0.05) is 49.4 Å². The highest BCUT2D eigenvalue weighted by Gasteiger charge is 2.06. The molecule has 0 spiro atoms. The Morgan fingerprint density at radius 2 is 1.84 bits per heavy atom. The molecule has 3 rings (SSSR count). The van der Waals surface area contributed by atoms with E-state index in [9.17, 15) is 4.79 Å². The van der Waals surface area contributed by atoms with Crippen LogP contribution in [-0.4, -0.2) is 10.8 Å². The molecule has 0 unspecified atom stereocenters. The molecule has 2 heteroatoms. The molecule has 0 saturated carbocycles. The molecule has 1 aromatic heterocycles. The maximum absolute atomic E-state index is 11.6. The number of para-hydroxylation sites is 1. The molecule has 0 atom stereocenters. The summed E-state index contributed by atoms with van der Waals surface area (Å²) in [5, 5.41) is 1.20. The SMILES string of the molecule is CCC(=O)c1ccc(-c2cccc3cc[nH]c23)cc1. The summed E-state index contributed by atoms with van der Waals surface area (Å²) >= 11 is 0. The van der Waals surface area contributed by atoms with Crippen molar-refractivity contribution in [3.05, 3.63) is 60.3 Å². The van der Waals surface area contributed by atoms with E-state index in [4.69, 9.17) is 0 Å². The molecule has 0 bridgehead atoms. The second kappa shape index (κ2) is 4.73. The van der Waals surface area contributed by atoms with Gasteiger partial charge in [0.15, 0.2) is 5.78 Å². The molecule has 19 heavy (non-hydrogen) atoms. The summed E-state index contributed by atoms with van der Waals surface area (Å²) in [5.41, 5.74) is 4.21. The summed E-state index contributed by atoms with van der Waals surface area (Å²) in [5.74, 6) is 0.185. The lowest BCUT2D eigenvalue weighted by molar-refractivity contribution is 0.0988. The van der Waals surface area contributed by atoms with Gasteiger partial charge < -0.3 is 4.98 Å². The molecular weight excluding hydrogens is 234 g/mol. The number of carbonyl (C=O) groups excluding carboxylic acids is 1. The van der Waals surface area contributed by atoms with E-state index in [0.29, 0.717) is 6.42 Å². The fourth-order valence-corrected chi connectivity index (χ4v) is 2.37. The third-order valence-corrected chi connectivity index (χ3v) is 3.43. The standard InChI is InChI=1S/C17H15NO/c1-2-16(19)13-8-6-12(7-9-13)15-5-3-4-14-10-11-18-17(14)15/h3-11,18H,2H2,1H3. The Kier molecular flexibility index (Phi) is 2.92. The first-order valence-electron chi connectivity index (χ1n) is 6.49. The minimum Gasteiger partial charge on any atom is -0.361 e. The normalized spacial score (nSPS) is 10.8. The fraction of sp³-hybridized carbons (Fsp3) is 0.118. The molecule has 2 nitrogen and oxygen atoms in total. The minimum absolute atomic E-state index is 0.185. The molecule has 1 N–H and O–H groups in total. The number of carbonyl (C=O) groups is 1. The monoisotopic (exact) mass is 249 g/mol. The van der Waals surface area contributed by atoms with Crippen LogP contribution in [0.25, 0.3) is 22.0 Å². The van der Waals surface area contributed by atoms with Crippen LogP contribution in [0, 0.1) is 0 Å². The van der Waals surface area contributed by atoms with Crippen LogP contribution < -0.4 is 0 Å². The second-order valence-electron chi connectivity index (χ2n) is 4.60. The molecule has 0 aliphatic heterocycles. The Morgan fingerprint density at radius 3 is 2.58 bits per heavy atom. The molecule has 2 aromatic carbocycles. The zero-order valence-corrected chi connectivity index (χ0v) is 10.8. The van der Waals surface area contributed by atoms with Gasteiger partial charge in [0.05, 0.1) is 5.52 Å². The second-order valence-corrected chi connectivity index (χ2v) is 4.60. The van der Waals surface area contributed by atoms with Crippen molar-refractivity contribution in [1.29, 1.82) is 0 Å².